The molecule has 0 aromatic heterocycles. The Balaban J connectivity index is 0.000000405. The first-order valence-corrected chi connectivity index (χ1v) is 10.5. The highest BCUT2D eigenvalue weighted by Gasteiger charge is 2.40. The largest absolute Gasteiger partial charge is 0.492 e. The lowest BCUT2D eigenvalue weighted by Gasteiger charge is -2.18. The number of hydrogen-bond acceptors (Lipinski definition) is 7. The molecule has 0 fully saturated rings. The molecule has 10 heteroatoms. The highest BCUT2D eigenvalue weighted by atomic mass is 16.5. The third-order valence-corrected chi connectivity index (χ3v) is 4.47. The SMILES string of the molecule is CN(C)CCOc1ccccc1C=CC(=O)c1ccccc1.O=C(O)CC(O)(CC(=O)O)C(=O)O. The van der Waals surface area contributed by atoms with E-state index in [-0.39, 0.29) is 5.78 Å². The maximum Gasteiger partial charge on any atom is 0.336 e. The quantitative estimate of drug-likeness (QED) is 0.258. The first-order valence-electron chi connectivity index (χ1n) is 10.5. The summed E-state index contributed by atoms with van der Waals surface area (Å²) in [6.07, 6.45) is 1.10. The summed E-state index contributed by atoms with van der Waals surface area (Å²) in [4.78, 5) is 44.6. The van der Waals surface area contributed by atoms with Crippen molar-refractivity contribution in [1.82, 2.24) is 4.90 Å². The molecule has 0 aliphatic rings. The minimum absolute atomic E-state index is 0.0105. The fourth-order valence-corrected chi connectivity index (χ4v) is 2.67. The lowest BCUT2D eigenvalue weighted by atomic mass is 9.96. The number of carboxylic acids is 3. The van der Waals surface area contributed by atoms with Crippen molar-refractivity contribution in [3.05, 3.63) is 71.8 Å². The van der Waals surface area contributed by atoms with Gasteiger partial charge in [-0.2, -0.15) is 0 Å². The van der Waals surface area contributed by atoms with Crippen molar-refractivity contribution in [2.24, 2.45) is 0 Å². The van der Waals surface area contributed by atoms with Crippen molar-refractivity contribution >= 4 is 29.8 Å². The maximum atomic E-state index is 12.1. The van der Waals surface area contributed by atoms with Gasteiger partial charge in [-0.3, -0.25) is 14.4 Å². The van der Waals surface area contributed by atoms with Crippen molar-refractivity contribution in [3.8, 4) is 5.75 Å². The first kappa shape index (κ1) is 29.0. The third-order valence-electron chi connectivity index (χ3n) is 4.47. The summed E-state index contributed by atoms with van der Waals surface area (Å²) in [5, 5.41) is 33.8. The average Bonchev–Trinajstić information content (AvgIpc) is 2.78. The number of aliphatic carboxylic acids is 3. The smallest absolute Gasteiger partial charge is 0.336 e. The van der Waals surface area contributed by atoms with Crippen LogP contribution in [0.1, 0.15) is 28.8 Å². The molecule has 35 heavy (non-hydrogen) atoms. The van der Waals surface area contributed by atoms with Crippen LogP contribution in [0.15, 0.2) is 60.7 Å². The molecule has 2 aromatic rings. The number of nitrogens with zero attached hydrogens (tertiary/aromatic N) is 1. The molecule has 0 radical (unpaired) electrons. The zero-order valence-electron chi connectivity index (χ0n) is 19.5. The van der Waals surface area contributed by atoms with Crippen LogP contribution in [0.4, 0.5) is 0 Å². The van der Waals surface area contributed by atoms with E-state index in [0.717, 1.165) is 17.9 Å². The Morgan fingerprint density at radius 2 is 1.43 bits per heavy atom. The topological polar surface area (TPSA) is 162 Å². The van der Waals surface area contributed by atoms with Gasteiger partial charge < -0.3 is 30.1 Å². The van der Waals surface area contributed by atoms with E-state index in [4.69, 9.17) is 25.2 Å². The Bertz CT molecular complexity index is 1020. The Morgan fingerprint density at radius 1 is 0.886 bits per heavy atom. The predicted molar refractivity (Wildman–Crippen MR) is 127 cm³/mol. The molecule has 0 aliphatic carbocycles. The number of carbonyl (C=O) groups is 4. The minimum Gasteiger partial charge on any atom is -0.492 e. The number of carboxylic acid groups (broad SMARTS) is 3. The van der Waals surface area contributed by atoms with Crippen LogP contribution in [-0.4, -0.2) is 81.9 Å². The summed E-state index contributed by atoms with van der Waals surface area (Å²) < 4.78 is 5.78. The Morgan fingerprint density at radius 3 is 1.94 bits per heavy atom. The van der Waals surface area contributed by atoms with E-state index in [1.165, 1.54) is 0 Å². The van der Waals surface area contributed by atoms with E-state index < -0.39 is 36.4 Å². The van der Waals surface area contributed by atoms with Crippen molar-refractivity contribution in [2.45, 2.75) is 18.4 Å². The summed E-state index contributed by atoms with van der Waals surface area (Å²) in [5.74, 6) is -4.24. The number of benzene rings is 2. The van der Waals surface area contributed by atoms with Crippen molar-refractivity contribution < 1.29 is 44.3 Å². The number of para-hydroxylation sites is 1. The van der Waals surface area contributed by atoms with Gasteiger partial charge in [0.15, 0.2) is 11.4 Å². The number of ketones is 1. The number of rotatable bonds is 12. The zero-order valence-corrected chi connectivity index (χ0v) is 19.5. The van der Waals surface area contributed by atoms with Gasteiger partial charge in [0.1, 0.15) is 12.4 Å². The van der Waals surface area contributed by atoms with Crippen LogP contribution in [0.2, 0.25) is 0 Å². The van der Waals surface area contributed by atoms with Gasteiger partial charge in [0.25, 0.3) is 0 Å². The molecule has 0 saturated heterocycles. The molecular formula is C25H29NO9. The Hall–Kier alpha value is -4.02. The molecule has 10 nitrogen and oxygen atoms in total. The number of hydrogen-bond donors (Lipinski definition) is 4. The second kappa shape index (κ2) is 14.3. The number of aliphatic hydroxyl groups is 1. The molecule has 2 rings (SSSR count). The minimum atomic E-state index is -2.74. The number of carbonyl (C=O) groups excluding carboxylic acids is 1. The fraction of sp³-hybridized carbons (Fsp3) is 0.280. The van der Waals surface area contributed by atoms with Crippen LogP contribution in [0.25, 0.3) is 6.08 Å². The summed E-state index contributed by atoms with van der Waals surface area (Å²) in [6.45, 7) is 1.46. The molecule has 0 spiro atoms. The molecule has 2 aromatic carbocycles. The summed E-state index contributed by atoms with van der Waals surface area (Å²) >= 11 is 0. The second-order valence-electron chi connectivity index (χ2n) is 7.73. The Kier molecular flexibility index (Phi) is 11.8. The van der Waals surface area contributed by atoms with Crippen LogP contribution in [-0.2, 0) is 14.4 Å². The van der Waals surface area contributed by atoms with E-state index in [9.17, 15) is 19.2 Å². The summed E-state index contributed by atoms with van der Waals surface area (Å²) in [6, 6.07) is 17.0. The van der Waals surface area contributed by atoms with Crippen LogP contribution in [0, 0.1) is 0 Å². The van der Waals surface area contributed by atoms with Gasteiger partial charge in [-0.15, -0.1) is 0 Å². The maximum absolute atomic E-state index is 12.1. The number of likely N-dealkylation sites (N-methyl/N-ethyl adjacent to an activating group) is 1. The van der Waals surface area contributed by atoms with Crippen LogP contribution >= 0.6 is 0 Å². The van der Waals surface area contributed by atoms with Crippen LogP contribution in [0.5, 0.6) is 5.75 Å². The lowest BCUT2D eigenvalue weighted by molar-refractivity contribution is -0.170. The molecule has 188 valence electrons. The molecule has 0 unspecified atom stereocenters. The number of ether oxygens (including phenoxy) is 1. The third kappa shape index (κ3) is 11.1. The highest BCUT2D eigenvalue weighted by Crippen LogP contribution is 2.20. The average molecular weight is 488 g/mol. The van der Waals surface area contributed by atoms with Gasteiger partial charge in [-0.05, 0) is 32.3 Å². The standard InChI is InChI=1S/C19H21NO2.C6H8O7/c1-20(2)14-15-22-19-11-7-6-10-17(19)12-13-18(21)16-8-4-3-5-9-16;7-3(8)1-6(13,5(11)12)2-4(9)10/h3-13H,14-15H2,1-2H3;13H,1-2H2,(H,7,8)(H,9,10)(H,11,12). The predicted octanol–water partition coefficient (Wildman–Crippen LogP) is 2.27. The number of allylic oxidation sites excluding steroid dienone is 1. The van der Waals surface area contributed by atoms with Crippen LogP contribution in [0.3, 0.4) is 0 Å². The molecule has 0 heterocycles. The summed E-state index contributed by atoms with van der Waals surface area (Å²) in [5.41, 5.74) is -1.15. The van der Waals surface area contributed by atoms with Gasteiger partial charge in [-0.1, -0.05) is 48.5 Å². The van der Waals surface area contributed by atoms with Crippen molar-refractivity contribution in [3.63, 3.8) is 0 Å². The molecule has 0 atom stereocenters. The van der Waals surface area contributed by atoms with Crippen molar-refractivity contribution in [2.75, 3.05) is 27.2 Å². The van der Waals surface area contributed by atoms with Crippen molar-refractivity contribution in [1.29, 1.82) is 0 Å². The zero-order chi connectivity index (χ0) is 26.4. The van der Waals surface area contributed by atoms with E-state index in [0.29, 0.717) is 12.2 Å². The second-order valence-corrected chi connectivity index (χ2v) is 7.73. The fourth-order valence-electron chi connectivity index (χ4n) is 2.67. The molecule has 0 amide bonds. The van der Waals surface area contributed by atoms with E-state index >= 15 is 0 Å². The molecule has 0 aliphatic heterocycles. The highest BCUT2D eigenvalue weighted by molar-refractivity contribution is 6.06. The van der Waals surface area contributed by atoms with E-state index in [1.54, 1.807) is 12.2 Å². The van der Waals surface area contributed by atoms with E-state index in [2.05, 4.69) is 4.90 Å². The lowest BCUT2D eigenvalue weighted by Crippen LogP contribution is -2.42. The summed E-state index contributed by atoms with van der Waals surface area (Å²) in [7, 11) is 4.02. The molecule has 0 bridgehead atoms. The van der Waals surface area contributed by atoms with Gasteiger partial charge in [0.05, 0.1) is 12.8 Å². The van der Waals surface area contributed by atoms with Gasteiger partial charge in [0, 0.05) is 17.7 Å². The van der Waals surface area contributed by atoms with Gasteiger partial charge >= 0.3 is 17.9 Å². The molecule has 0 saturated carbocycles. The molecule has 4 N–H and O–H groups in total. The van der Waals surface area contributed by atoms with Crippen LogP contribution < -0.4 is 4.74 Å². The molecular weight excluding hydrogens is 458 g/mol. The first-order chi connectivity index (χ1) is 16.4. The monoisotopic (exact) mass is 487 g/mol. The van der Waals surface area contributed by atoms with E-state index in [1.807, 2.05) is 68.7 Å². The van der Waals surface area contributed by atoms with Gasteiger partial charge in [0.2, 0.25) is 0 Å². The Labute approximate surface area is 202 Å². The van der Waals surface area contributed by atoms with Gasteiger partial charge in [-0.25, -0.2) is 4.79 Å². The normalized spacial score (nSPS) is 11.0.